The number of alkyl halides is 4. The molecule has 42 heavy (non-hydrogen) atoms. The Hall–Kier alpha value is 0.973. The van der Waals surface area contributed by atoms with Crippen LogP contribution >= 0.6 is 83.2 Å². The first-order valence-electron chi connectivity index (χ1n) is 13.7. The van der Waals surface area contributed by atoms with E-state index >= 15 is 0 Å². The molecular formula is C32H42Br4ClF2OPZn. The third kappa shape index (κ3) is 16.5. The fourth-order valence-corrected chi connectivity index (χ4v) is 9.07. The Balaban J connectivity index is 0.000000557. The Bertz CT molecular complexity index is 1070. The van der Waals surface area contributed by atoms with Crippen LogP contribution in [0.4, 0.5) is 8.78 Å². The average Bonchev–Trinajstić information content (AvgIpc) is 3.75. The van der Waals surface area contributed by atoms with E-state index in [0.717, 1.165) is 59.5 Å². The summed E-state index contributed by atoms with van der Waals surface area (Å²) in [7, 11) is 0.262. The molecule has 2 fully saturated rings. The van der Waals surface area contributed by atoms with Crippen molar-refractivity contribution in [1.29, 1.82) is 0 Å². The van der Waals surface area contributed by atoms with Crippen molar-refractivity contribution in [3.63, 3.8) is 0 Å². The van der Waals surface area contributed by atoms with Crippen LogP contribution in [-0.4, -0.2) is 25.7 Å². The molecule has 0 spiro atoms. The van der Waals surface area contributed by atoms with Crippen molar-refractivity contribution in [2.75, 3.05) is 0 Å². The molecule has 2 aromatic rings. The molecule has 0 radical (unpaired) electrons. The van der Waals surface area contributed by atoms with E-state index in [9.17, 15) is 13.6 Å². The number of aryl methyl sites for hydroxylation is 1. The van der Waals surface area contributed by atoms with Crippen LogP contribution < -0.4 is 0 Å². The minimum Gasteiger partial charge on any atom is -0.302 e. The molecule has 1 nitrogen and oxygen atoms in total. The number of carbonyl (C=O) groups excluding carboxylic acids is 1. The molecule has 2 aromatic carbocycles. The van der Waals surface area contributed by atoms with E-state index in [-0.39, 0.29) is 43.0 Å². The minimum absolute atomic E-state index is 0. The van der Waals surface area contributed by atoms with Crippen LogP contribution in [0.1, 0.15) is 83.9 Å². The predicted octanol–water partition coefficient (Wildman–Crippen LogP) is 13.2. The third-order valence-electron chi connectivity index (χ3n) is 7.02. The molecule has 0 N–H and O–H groups in total. The summed E-state index contributed by atoms with van der Waals surface area (Å²) in [6.45, 7) is 16.2. The molecule has 232 valence electrons. The summed E-state index contributed by atoms with van der Waals surface area (Å²) in [6.07, 6.45) is 6.80. The van der Waals surface area contributed by atoms with Crippen molar-refractivity contribution in [2.24, 2.45) is 0 Å². The Morgan fingerprint density at radius 2 is 1.17 bits per heavy atom. The molecule has 10 heteroatoms. The first-order chi connectivity index (χ1) is 18.9. The maximum atomic E-state index is 12.8. The van der Waals surface area contributed by atoms with Gasteiger partial charge in [-0.15, -0.1) is 0 Å². The molecule has 2 aliphatic carbocycles. The fraction of sp³-hybridized carbons (Fsp3) is 0.531. The van der Waals surface area contributed by atoms with Gasteiger partial charge in [-0.2, -0.15) is 4.39 Å². The molecule has 2 saturated carbocycles. The van der Waals surface area contributed by atoms with E-state index in [1.165, 1.54) is 11.1 Å². The second-order valence-corrected chi connectivity index (χ2v) is 23.1. The summed E-state index contributed by atoms with van der Waals surface area (Å²) < 4.78 is 22.4. The zero-order valence-electron chi connectivity index (χ0n) is 25.5. The topological polar surface area (TPSA) is 17.1 Å². The Kier molecular flexibility index (Phi) is 20.0. The van der Waals surface area contributed by atoms with Crippen LogP contribution in [0, 0.1) is 6.92 Å². The molecular weight excluding hydrogens is 890 g/mol. The van der Waals surface area contributed by atoms with Gasteiger partial charge in [0.1, 0.15) is 6.29 Å². The van der Waals surface area contributed by atoms with E-state index in [1.807, 2.05) is 24.3 Å². The van der Waals surface area contributed by atoms with Crippen LogP contribution in [0.5, 0.6) is 0 Å². The van der Waals surface area contributed by atoms with Crippen LogP contribution in [0.3, 0.4) is 0 Å². The molecule has 0 aromatic heterocycles. The van der Waals surface area contributed by atoms with Gasteiger partial charge >= 0.3 is 0 Å². The molecule has 0 aliphatic heterocycles. The van der Waals surface area contributed by atoms with Gasteiger partial charge in [0, 0.05) is 29.9 Å². The van der Waals surface area contributed by atoms with Crippen molar-refractivity contribution in [3.05, 3.63) is 81.1 Å². The second-order valence-electron chi connectivity index (χ2n) is 11.4. The van der Waals surface area contributed by atoms with Crippen LogP contribution in [0.2, 0.25) is 5.02 Å². The fourth-order valence-electron chi connectivity index (χ4n) is 4.93. The smallest absolute Gasteiger partial charge is 0.272 e. The minimum atomic E-state index is -1.56. The number of allylic oxidation sites excluding steroid dienone is 1. The summed E-state index contributed by atoms with van der Waals surface area (Å²) >= 11 is 16.2. The van der Waals surface area contributed by atoms with Crippen molar-refractivity contribution in [3.8, 4) is 0 Å². The van der Waals surface area contributed by atoms with E-state index in [1.54, 1.807) is 6.08 Å². The number of hydrogen-bond donors (Lipinski definition) is 0. The molecule has 0 unspecified atom stereocenters. The number of rotatable bonds is 7. The van der Waals surface area contributed by atoms with Gasteiger partial charge in [-0.05, 0) is 143 Å². The summed E-state index contributed by atoms with van der Waals surface area (Å²) in [5, 5.41) is 0.723. The molecule has 2 aliphatic rings. The van der Waals surface area contributed by atoms with E-state index < -0.39 is 2.40 Å². The average molecular weight is 932 g/mol. The van der Waals surface area contributed by atoms with Gasteiger partial charge in [-0.1, -0.05) is 103 Å². The first-order valence-corrected chi connectivity index (χ1v) is 18.8. The van der Waals surface area contributed by atoms with Gasteiger partial charge < -0.3 is 4.79 Å². The van der Waals surface area contributed by atoms with Crippen molar-refractivity contribution < 1.29 is 33.1 Å². The van der Waals surface area contributed by atoms with E-state index in [4.69, 9.17) is 11.6 Å². The van der Waals surface area contributed by atoms with Crippen molar-refractivity contribution >= 4 is 89.5 Å². The standard InChI is InChI=1S/C12H12BrF.C10H9ClO.C9H21P.CBr3F.Zn/c1-9-2-4-10(5-3-9)12(6-7-12)8-11(13)14;11-9-3-1-8(2-4-9)10(7-12)5-6-10;1-7(2)10(8(3)4)9(5)6;2-1(3,4)5;/h2-5,8H,6-7H2,1H3;1-4,7H,5-6H2;7-9H,1-6H3;;. The van der Waals surface area contributed by atoms with Gasteiger partial charge in [0.25, 0.3) is 2.40 Å². The van der Waals surface area contributed by atoms with Gasteiger partial charge in [0.2, 0.25) is 0 Å². The quantitative estimate of drug-likeness (QED) is 0.117. The summed E-state index contributed by atoms with van der Waals surface area (Å²) in [6, 6.07) is 15.9. The summed E-state index contributed by atoms with van der Waals surface area (Å²) in [5.74, 6) is 0. The first kappa shape index (κ1) is 43.0. The number of halogens is 7. The molecule has 0 saturated heterocycles. The molecule has 0 bridgehead atoms. The summed E-state index contributed by atoms with van der Waals surface area (Å²) in [5.41, 5.74) is 6.07. The van der Waals surface area contributed by atoms with Crippen molar-refractivity contribution in [1.82, 2.24) is 0 Å². The third-order valence-corrected chi connectivity index (χ3v) is 11.1. The number of hydrogen-bond acceptors (Lipinski definition) is 1. The molecule has 4 rings (SSSR count). The molecule has 0 atom stereocenters. The van der Waals surface area contributed by atoms with E-state index in [2.05, 4.69) is 136 Å². The monoisotopic (exact) mass is 926 g/mol. The molecule has 0 amide bonds. The number of carbonyl (C=O) groups is 1. The van der Waals surface area contributed by atoms with Gasteiger partial charge in [-0.25, -0.2) is 4.39 Å². The molecule has 0 heterocycles. The summed E-state index contributed by atoms with van der Waals surface area (Å²) in [4.78, 5) is 10.7. The maximum Gasteiger partial charge on any atom is 0.272 e. The Morgan fingerprint density at radius 3 is 1.43 bits per heavy atom. The van der Waals surface area contributed by atoms with Gasteiger partial charge in [-0.3, -0.25) is 0 Å². The number of aldehydes is 1. The van der Waals surface area contributed by atoms with E-state index in [0.29, 0.717) is 0 Å². The number of benzene rings is 2. The van der Waals surface area contributed by atoms with Gasteiger partial charge in [0.15, 0.2) is 4.74 Å². The Labute approximate surface area is 305 Å². The van der Waals surface area contributed by atoms with Gasteiger partial charge in [0.05, 0.1) is 5.41 Å². The predicted molar refractivity (Wildman–Crippen MR) is 192 cm³/mol. The van der Waals surface area contributed by atoms with Crippen LogP contribution in [0.25, 0.3) is 0 Å². The zero-order valence-corrected chi connectivity index (χ0v) is 36.5. The van der Waals surface area contributed by atoms with Crippen LogP contribution in [0.15, 0.2) is 59.3 Å². The Morgan fingerprint density at radius 1 is 0.833 bits per heavy atom. The SMILES string of the molecule is CC(C)P(C(C)C)C(C)C.Cc1ccc(C2(C=C(F)Br)CC2)cc1.FC(Br)(Br)Br.O=CC1(c2ccc(Cl)cc2)CC1.[Zn]. The second kappa shape index (κ2) is 19.6. The largest absolute Gasteiger partial charge is 0.302 e. The zero-order chi connectivity index (χ0) is 31.6. The van der Waals surface area contributed by atoms with Crippen LogP contribution in [-0.2, 0) is 35.1 Å². The van der Waals surface area contributed by atoms with Crippen molar-refractivity contribution in [2.45, 2.75) is 104 Å². The maximum absolute atomic E-state index is 12.8. The normalized spacial score (nSPS) is 16.3.